The molecule has 2 rings (SSSR count). The number of hydrogen-bond acceptors (Lipinski definition) is 4. The fourth-order valence-electron chi connectivity index (χ4n) is 1.91. The molecule has 0 aliphatic carbocycles. The summed E-state index contributed by atoms with van der Waals surface area (Å²) in [6, 6.07) is 9.16. The molecule has 1 heterocycles. The summed E-state index contributed by atoms with van der Waals surface area (Å²) in [7, 11) is 0. The van der Waals surface area contributed by atoms with Gasteiger partial charge in [0.05, 0.1) is 6.04 Å². The smallest absolute Gasteiger partial charge is 0.145 e. The van der Waals surface area contributed by atoms with Gasteiger partial charge in [-0.15, -0.1) is 0 Å². The Morgan fingerprint density at radius 1 is 1.22 bits per heavy atom. The first-order valence-corrected chi connectivity index (χ1v) is 6.08. The lowest BCUT2D eigenvalue weighted by molar-refractivity contribution is 0.472. The molecule has 1 unspecified atom stereocenters. The van der Waals surface area contributed by atoms with E-state index >= 15 is 0 Å². The number of rotatable bonds is 5. The fraction of sp³-hybridized carbons (Fsp3) is 0.286. The summed E-state index contributed by atoms with van der Waals surface area (Å²) in [4.78, 5) is 8.56. The van der Waals surface area contributed by atoms with Crippen LogP contribution in [0, 0.1) is 0 Å². The third kappa shape index (κ3) is 3.28. The van der Waals surface area contributed by atoms with Crippen molar-refractivity contribution < 1.29 is 5.11 Å². The number of likely N-dealkylation sites (N-methyl/N-ethyl adjacent to an activating group) is 1. The molecule has 1 atom stereocenters. The maximum Gasteiger partial charge on any atom is 0.145 e. The van der Waals surface area contributed by atoms with Crippen LogP contribution in [0.1, 0.15) is 24.4 Å². The molecule has 0 amide bonds. The highest BCUT2D eigenvalue weighted by molar-refractivity contribution is 5.28. The van der Waals surface area contributed by atoms with Crippen molar-refractivity contribution in [2.45, 2.75) is 19.4 Å². The summed E-state index contributed by atoms with van der Waals surface area (Å²) < 4.78 is 0. The molecule has 0 saturated heterocycles. The van der Waals surface area contributed by atoms with Gasteiger partial charge in [-0.3, -0.25) is 0 Å². The zero-order valence-corrected chi connectivity index (χ0v) is 10.4. The van der Waals surface area contributed by atoms with Gasteiger partial charge in [-0.05, 0) is 36.7 Å². The van der Waals surface area contributed by atoms with E-state index in [1.807, 2.05) is 12.1 Å². The minimum Gasteiger partial charge on any atom is -0.508 e. The molecule has 0 spiro atoms. The van der Waals surface area contributed by atoms with Gasteiger partial charge in [0.1, 0.15) is 11.6 Å². The zero-order valence-electron chi connectivity index (χ0n) is 10.4. The first-order valence-electron chi connectivity index (χ1n) is 6.08. The quantitative estimate of drug-likeness (QED) is 0.844. The highest BCUT2D eigenvalue weighted by atomic mass is 16.3. The number of phenols is 1. The van der Waals surface area contributed by atoms with E-state index < -0.39 is 0 Å². The Balaban J connectivity index is 2.16. The van der Waals surface area contributed by atoms with Crippen molar-refractivity contribution in [1.29, 1.82) is 0 Å². The van der Waals surface area contributed by atoms with Crippen LogP contribution in [0.2, 0.25) is 0 Å². The van der Waals surface area contributed by atoms with Crippen molar-refractivity contribution in [2.75, 3.05) is 6.54 Å². The summed E-state index contributed by atoms with van der Waals surface area (Å²) >= 11 is 0. The second-order valence-corrected chi connectivity index (χ2v) is 4.09. The topological polar surface area (TPSA) is 58.0 Å². The van der Waals surface area contributed by atoms with Gasteiger partial charge in [0.15, 0.2) is 0 Å². The van der Waals surface area contributed by atoms with Crippen molar-refractivity contribution in [3.63, 3.8) is 0 Å². The number of phenolic OH excluding ortho intramolecular Hbond substituents is 1. The molecular formula is C14H17N3O. The van der Waals surface area contributed by atoms with Gasteiger partial charge in [0, 0.05) is 12.4 Å². The monoisotopic (exact) mass is 243 g/mol. The molecule has 1 aromatic heterocycles. The van der Waals surface area contributed by atoms with Crippen LogP contribution in [0.5, 0.6) is 5.75 Å². The molecule has 94 valence electrons. The molecule has 1 aromatic carbocycles. The van der Waals surface area contributed by atoms with E-state index in [4.69, 9.17) is 0 Å². The maximum absolute atomic E-state index is 9.47. The van der Waals surface area contributed by atoms with E-state index in [0.717, 1.165) is 24.4 Å². The molecule has 0 radical (unpaired) electrons. The zero-order chi connectivity index (χ0) is 12.8. The minimum atomic E-state index is 0.0676. The number of hydrogen-bond donors (Lipinski definition) is 2. The molecule has 4 nitrogen and oxygen atoms in total. The SMILES string of the molecule is CCNC(Cc1cccc(O)c1)c1ncccn1. The van der Waals surface area contributed by atoms with Crippen LogP contribution >= 0.6 is 0 Å². The van der Waals surface area contributed by atoms with Crippen LogP contribution in [0.15, 0.2) is 42.7 Å². The Kier molecular flexibility index (Phi) is 4.25. The summed E-state index contributed by atoms with van der Waals surface area (Å²) in [6.07, 6.45) is 4.25. The number of aromatic hydroxyl groups is 1. The van der Waals surface area contributed by atoms with Crippen LogP contribution in [-0.2, 0) is 6.42 Å². The van der Waals surface area contributed by atoms with E-state index in [9.17, 15) is 5.11 Å². The van der Waals surface area contributed by atoms with Crippen molar-refractivity contribution >= 4 is 0 Å². The van der Waals surface area contributed by atoms with E-state index in [-0.39, 0.29) is 11.8 Å². The molecule has 0 bridgehead atoms. The Bertz CT molecular complexity index is 487. The lowest BCUT2D eigenvalue weighted by Gasteiger charge is -2.16. The average molecular weight is 243 g/mol. The third-order valence-electron chi connectivity index (χ3n) is 2.70. The highest BCUT2D eigenvalue weighted by Gasteiger charge is 2.13. The number of benzene rings is 1. The highest BCUT2D eigenvalue weighted by Crippen LogP contribution is 2.18. The summed E-state index contributed by atoms with van der Waals surface area (Å²) in [5, 5.41) is 12.8. The number of nitrogens with one attached hydrogen (secondary N) is 1. The van der Waals surface area contributed by atoms with Crippen molar-refractivity contribution in [3.8, 4) is 5.75 Å². The van der Waals surface area contributed by atoms with E-state index in [1.165, 1.54) is 0 Å². The standard InChI is InChI=1S/C14H17N3O/c1-2-15-13(14-16-7-4-8-17-14)10-11-5-3-6-12(18)9-11/h3-9,13,15,18H,2,10H2,1H3. The van der Waals surface area contributed by atoms with Crippen molar-refractivity contribution in [1.82, 2.24) is 15.3 Å². The van der Waals surface area contributed by atoms with Crippen LogP contribution in [0.4, 0.5) is 0 Å². The van der Waals surface area contributed by atoms with Gasteiger partial charge in [-0.1, -0.05) is 19.1 Å². The van der Waals surface area contributed by atoms with Gasteiger partial charge < -0.3 is 10.4 Å². The molecule has 18 heavy (non-hydrogen) atoms. The van der Waals surface area contributed by atoms with E-state index in [0.29, 0.717) is 0 Å². The van der Waals surface area contributed by atoms with Gasteiger partial charge in [-0.2, -0.15) is 0 Å². The van der Waals surface area contributed by atoms with Crippen LogP contribution in [-0.4, -0.2) is 21.6 Å². The van der Waals surface area contributed by atoms with Crippen molar-refractivity contribution in [3.05, 3.63) is 54.1 Å². The second kappa shape index (κ2) is 6.12. The van der Waals surface area contributed by atoms with Gasteiger partial charge in [0.25, 0.3) is 0 Å². The number of aromatic nitrogens is 2. The normalized spacial score (nSPS) is 12.3. The largest absolute Gasteiger partial charge is 0.508 e. The van der Waals surface area contributed by atoms with Gasteiger partial charge in [0.2, 0.25) is 0 Å². The average Bonchev–Trinajstić information content (AvgIpc) is 2.39. The predicted molar refractivity (Wildman–Crippen MR) is 70.3 cm³/mol. The fourth-order valence-corrected chi connectivity index (χ4v) is 1.91. The van der Waals surface area contributed by atoms with Gasteiger partial charge >= 0.3 is 0 Å². The maximum atomic E-state index is 9.47. The molecule has 4 heteroatoms. The number of nitrogens with zero attached hydrogens (tertiary/aromatic N) is 2. The molecule has 0 aliphatic heterocycles. The molecule has 2 aromatic rings. The second-order valence-electron chi connectivity index (χ2n) is 4.09. The molecule has 0 aliphatic rings. The first-order chi connectivity index (χ1) is 8.79. The Morgan fingerprint density at radius 3 is 2.67 bits per heavy atom. The Morgan fingerprint density at radius 2 is 2.00 bits per heavy atom. The first kappa shape index (κ1) is 12.5. The predicted octanol–water partition coefficient (Wildman–Crippen LogP) is 2.08. The van der Waals surface area contributed by atoms with Crippen LogP contribution < -0.4 is 5.32 Å². The molecule has 0 fully saturated rings. The molecular weight excluding hydrogens is 226 g/mol. The van der Waals surface area contributed by atoms with Crippen molar-refractivity contribution in [2.24, 2.45) is 0 Å². The Hall–Kier alpha value is -1.94. The molecule has 0 saturated carbocycles. The minimum absolute atomic E-state index is 0.0676. The third-order valence-corrected chi connectivity index (χ3v) is 2.70. The van der Waals surface area contributed by atoms with Crippen LogP contribution in [0.25, 0.3) is 0 Å². The summed E-state index contributed by atoms with van der Waals surface area (Å²) in [6.45, 7) is 2.90. The summed E-state index contributed by atoms with van der Waals surface area (Å²) in [5.74, 6) is 1.07. The van der Waals surface area contributed by atoms with E-state index in [2.05, 4.69) is 22.2 Å². The lowest BCUT2D eigenvalue weighted by atomic mass is 10.0. The van der Waals surface area contributed by atoms with E-state index in [1.54, 1.807) is 30.6 Å². The molecule has 2 N–H and O–H groups in total. The lowest BCUT2D eigenvalue weighted by Crippen LogP contribution is -2.24. The Labute approximate surface area is 107 Å². The van der Waals surface area contributed by atoms with Crippen LogP contribution in [0.3, 0.4) is 0 Å². The van der Waals surface area contributed by atoms with Gasteiger partial charge in [-0.25, -0.2) is 9.97 Å². The summed E-state index contributed by atoms with van der Waals surface area (Å²) in [5.41, 5.74) is 1.06.